The molecule has 23 heavy (non-hydrogen) atoms. The molecule has 0 heterocycles. The molecular formula is C19H25NO2S. The van der Waals surface area contributed by atoms with Crippen LogP contribution in [0.4, 0.5) is 0 Å². The molecule has 0 atom stereocenters. The summed E-state index contributed by atoms with van der Waals surface area (Å²) in [5, 5.41) is 2.02. The second-order valence-corrected chi connectivity index (χ2v) is 8.11. The van der Waals surface area contributed by atoms with Gasteiger partial charge >= 0.3 is 0 Å². The summed E-state index contributed by atoms with van der Waals surface area (Å²) in [7, 11) is -3.44. The van der Waals surface area contributed by atoms with Gasteiger partial charge < -0.3 is 0 Å². The van der Waals surface area contributed by atoms with Crippen molar-refractivity contribution < 1.29 is 8.42 Å². The Morgan fingerprint density at radius 1 is 0.957 bits per heavy atom. The molecule has 1 N–H and O–H groups in total. The molecule has 2 aromatic rings. The summed E-state index contributed by atoms with van der Waals surface area (Å²) >= 11 is 0. The van der Waals surface area contributed by atoms with E-state index in [1.807, 2.05) is 18.2 Å². The minimum atomic E-state index is -3.44. The maximum atomic E-state index is 12.7. The summed E-state index contributed by atoms with van der Waals surface area (Å²) < 4.78 is 28.1. The molecule has 0 amide bonds. The minimum Gasteiger partial charge on any atom is -0.211 e. The highest BCUT2D eigenvalue weighted by Crippen LogP contribution is 2.34. The van der Waals surface area contributed by atoms with Crippen LogP contribution in [0, 0.1) is 0 Å². The van der Waals surface area contributed by atoms with Crippen LogP contribution in [0.5, 0.6) is 0 Å². The summed E-state index contributed by atoms with van der Waals surface area (Å²) in [4.78, 5) is 0.425. The van der Waals surface area contributed by atoms with E-state index in [1.54, 1.807) is 6.07 Å². The standard InChI is InChI=1S/C19H25NO2S/c1-2-3-4-5-6-14-20-23(21,22)18-13-12-16-11-10-15-8-7-9-17(18)19(15)16/h7-9,12-13,20H,2-6,10-11,14H2,1H3. The van der Waals surface area contributed by atoms with Crippen molar-refractivity contribution in [3.05, 3.63) is 41.5 Å². The number of unbranched alkanes of at least 4 members (excludes halogenated alkanes) is 4. The van der Waals surface area contributed by atoms with Crippen molar-refractivity contribution in [3.8, 4) is 0 Å². The van der Waals surface area contributed by atoms with Crippen molar-refractivity contribution in [2.75, 3.05) is 6.54 Å². The normalized spacial score (nSPS) is 13.8. The second kappa shape index (κ2) is 7.02. The molecule has 3 nitrogen and oxygen atoms in total. The first-order chi connectivity index (χ1) is 11.1. The van der Waals surface area contributed by atoms with Crippen LogP contribution in [-0.2, 0) is 22.9 Å². The lowest BCUT2D eigenvalue weighted by molar-refractivity contribution is 0.571. The van der Waals surface area contributed by atoms with E-state index in [1.165, 1.54) is 30.4 Å². The molecule has 0 unspecified atom stereocenters. The van der Waals surface area contributed by atoms with Crippen LogP contribution in [0.15, 0.2) is 35.2 Å². The van der Waals surface area contributed by atoms with Crippen molar-refractivity contribution in [1.82, 2.24) is 4.72 Å². The second-order valence-electron chi connectivity index (χ2n) is 6.37. The van der Waals surface area contributed by atoms with Crippen LogP contribution in [0.2, 0.25) is 0 Å². The van der Waals surface area contributed by atoms with Gasteiger partial charge in [-0.25, -0.2) is 13.1 Å². The molecule has 1 aliphatic carbocycles. The Morgan fingerprint density at radius 2 is 1.70 bits per heavy atom. The lowest BCUT2D eigenvalue weighted by atomic mass is 10.1. The van der Waals surface area contributed by atoms with Crippen molar-refractivity contribution in [2.24, 2.45) is 0 Å². The molecule has 1 aliphatic rings. The molecule has 0 aliphatic heterocycles. The first-order valence-corrected chi connectivity index (χ1v) is 10.1. The summed E-state index contributed by atoms with van der Waals surface area (Å²) in [6, 6.07) is 9.76. The van der Waals surface area contributed by atoms with Gasteiger partial charge in [-0.2, -0.15) is 0 Å². The van der Waals surface area contributed by atoms with E-state index in [9.17, 15) is 8.42 Å². The summed E-state index contributed by atoms with van der Waals surface area (Å²) in [6.07, 6.45) is 7.62. The van der Waals surface area contributed by atoms with Crippen LogP contribution in [0.25, 0.3) is 10.8 Å². The van der Waals surface area contributed by atoms with Crippen molar-refractivity contribution in [2.45, 2.75) is 56.8 Å². The molecule has 3 rings (SSSR count). The first-order valence-electron chi connectivity index (χ1n) is 8.66. The van der Waals surface area contributed by atoms with Crippen molar-refractivity contribution in [1.29, 1.82) is 0 Å². The van der Waals surface area contributed by atoms with Crippen LogP contribution in [0.3, 0.4) is 0 Å². The summed E-state index contributed by atoms with van der Waals surface area (Å²) in [5.74, 6) is 0. The minimum absolute atomic E-state index is 0.425. The molecule has 0 saturated heterocycles. The van der Waals surface area contributed by atoms with E-state index >= 15 is 0 Å². The topological polar surface area (TPSA) is 46.2 Å². The van der Waals surface area contributed by atoms with Gasteiger partial charge in [0.1, 0.15) is 0 Å². The average molecular weight is 331 g/mol. The third-order valence-electron chi connectivity index (χ3n) is 4.70. The molecule has 0 saturated carbocycles. The van der Waals surface area contributed by atoms with Gasteiger partial charge in [-0.3, -0.25) is 0 Å². The Bertz CT molecular complexity index is 786. The van der Waals surface area contributed by atoms with Gasteiger partial charge in [0.15, 0.2) is 0 Å². The van der Waals surface area contributed by atoms with Crippen LogP contribution >= 0.6 is 0 Å². The number of nitrogens with one attached hydrogen (secondary N) is 1. The quantitative estimate of drug-likeness (QED) is 0.737. The smallest absolute Gasteiger partial charge is 0.211 e. The van der Waals surface area contributed by atoms with Crippen LogP contribution in [0.1, 0.15) is 50.2 Å². The van der Waals surface area contributed by atoms with E-state index in [-0.39, 0.29) is 0 Å². The fraction of sp³-hybridized carbons (Fsp3) is 0.474. The molecule has 0 spiro atoms. The van der Waals surface area contributed by atoms with E-state index in [0.717, 1.165) is 36.5 Å². The number of hydrogen-bond donors (Lipinski definition) is 1. The van der Waals surface area contributed by atoms with E-state index in [0.29, 0.717) is 11.4 Å². The van der Waals surface area contributed by atoms with Crippen LogP contribution < -0.4 is 4.72 Å². The third kappa shape index (κ3) is 3.43. The maximum absolute atomic E-state index is 12.7. The fourth-order valence-corrected chi connectivity index (χ4v) is 4.74. The zero-order chi connectivity index (χ0) is 16.3. The van der Waals surface area contributed by atoms with Gasteiger partial charge in [0, 0.05) is 11.9 Å². The number of aryl methyl sites for hydroxylation is 2. The zero-order valence-electron chi connectivity index (χ0n) is 13.8. The zero-order valence-corrected chi connectivity index (χ0v) is 14.6. The molecule has 0 aromatic heterocycles. The number of sulfonamides is 1. The Kier molecular flexibility index (Phi) is 5.02. The predicted octanol–water partition coefficient (Wildman–Crippen LogP) is 4.19. The predicted molar refractivity (Wildman–Crippen MR) is 95.3 cm³/mol. The summed E-state index contributed by atoms with van der Waals surface area (Å²) in [6.45, 7) is 2.70. The van der Waals surface area contributed by atoms with E-state index < -0.39 is 10.0 Å². The average Bonchev–Trinajstić information content (AvgIpc) is 2.96. The monoisotopic (exact) mass is 331 g/mol. The molecular weight excluding hydrogens is 306 g/mol. The van der Waals surface area contributed by atoms with Gasteiger partial charge in [-0.15, -0.1) is 0 Å². The Hall–Kier alpha value is -1.39. The van der Waals surface area contributed by atoms with Gasteiger partial charge in [-0.1, -0.05) is 56.9 Å². The van der Waals surface area contributed by atoms with Crippen molar-refractivity contribution >= 4 is 20.8 Å². The fourth-order valence-electron chi connectivity index (χ4n) is 3.47. The lowest BCUT2D eigenvalue weighted by Crippen LogP contribution is -2.25. The number of rotatable bonds is 8. The Balaban J connectivity index is 1.77. The molecule has 2 aromatic carbocycles. The highest BCUT2D eigenvalue weighted by molar-refractivity contribution is 7.89. The highest BCUT2D eigenvalue weighted by atomic mass is 32.2. The maximum Gasteiger partial charge on any atom is 0.241 e. The molecule has 124 valence electrons. The number of benzene rings is 2. The molecule has 4 heteroatoms. The summed E-state index contributed by atoms with van der Waals surface area (Å²) in [5.41, 5.74) is 2.54. The largest absolute Gasteiger partial charge is 0.241 e. The first kappa shape index (κ1) is 16.5. The van der Waals surface area contributed by atoms with Gasteiger partial charge in [-0.05, 0) is 41.8 Å². The Labute approximate surface area is 139 Å². The lowest BCUT2D eigenvalue weighted by Gasteiger charge is -2.11. The van der Waals surface area contributed by atoms with E-state index in [4.69, 9.17) is 0 Å². The van der Waals surface area contributed by atoms with E-state index in [2.05, 4.69) is 17.7 Å². The third-order valence-corrected chi connectivity index (χ3v) is 6.22. The van der Waals surface area contributed by atoms with Crippen LogP contribution in [-0.4, -0.2) is 15.0 Å². The molecule has 0 bridgehead atoms. The molecule has 0 fully saturated rings. The Morgan fingerprint density at radius 3 is 2.48 bits per heavy atom. The van der Waals surface area contributed by atoms with Crippen molar-refractivity contribution in [3.63, 3.8) is 0 Å². The number of hydrogen-bond acceptors (Lipinski definition) is 2. The van der Waals surface area contributed by atoms with Gasteiger partial charge in [0.25, 0.3) is 0 Å². The highest BCUT2D eigenvalue weighted by Gasteiger charge is 2.21. The molecule has 0 radical (unpaired) electrons. The van der Waals surface area contributed by atoms with Gasteiger partial charge in [0.2, 0.25) is 10.0 Å². The SMILES string of the molecule is CCCCCCCNS(=O)(=O)c1ccc2c3c(cccc13)CC2. The van der Waals surface area contributed by atoms with Gasteiger partial charge in [0.05, 0.1) is 4.90 Å².